The van der Waals surface area contributed by atoms with E-state index >= 15 is 0 Å². The van der Waals surface area contributed by atoms with Crippen LogP contribution < -0.4 is 0 Å². The van der Waals surface area contributed by atoms with Gasteiger partial charge in [-0.25, -0.2) is 0 Å². The van der Waals surface area contributed by atoms with Gasteiger partial charge in [-0.1, -0.05) is 152 Å². The van der Waals surface area contributed by atoms with Gasteiger partial charge in [-0.15, -0.1) is 0 Å². The monoisotopic (exact) mass is 666 g/mol. The number of rotatable bonds is 6. The fraction of sp³-hybridized carbons (Fsp3) is 0. The Labute approximate surface area is 304 Å². The first kappa shape index (κ1) is 30.9. The van der Waals surface area contributed by atoms with Crippen molar-refractivity contribution in [2.45, 2.75) is 9.79 Å². The summed E-state index contributed by atoms with van der Waals surface area (Å²) in [7, 11) is 0. The lowest BCUT2D eigenvalue weighted by Gasteiger charge is -2.23. The molecule has 240 valence electrons. The maximum absolute atomic E-state index is 4.71. The van der Waals surface area contributed by atoms with Crippen LogP contribution in [0.3, 0.4) is 0 Å². The van der Waals surface area contributed by atoms with Crippen LogP contribution in [0, 0.1) is 0 Å². The zero-order chi connectivity index (χ0) is 34.1. The first-order valence-electron chi connectivity index (χ1n) is 17.3. The SMILES string of the molecule is C=C1c2cc(-c3cc(-c4ccccc4)cc(-c4ccccc4)c3)ccc2Sc2ccc(-c3cc(-c4ccccc4)cc(-c4ccccc4)c3)cc21. The van der Waals surface area contributed by atoms with Gasteiger partial charge in [0.1, 0.15) is 0 Å². The molecule has 0 N–H and O–H groups in total. The predicted octanol–water partition coefficient (Wildman–Crippen LogP) is 14.2. The quantitative estimate of drug-likeness (QED) is 0.170. The molecule has 0 spiro atoms. The molecule has 0 saturated heterocycles. The highest BCUT2D eigenvalue weighted by molar-refractivity contribution is 7.99. The first-order valence-corrected chi connectivity index (χ1v) is 18.2. The van der Waals surface area contributed by atoms with Crippen molar-refractivity contribution in [3.63, 3.8) is 0 Å². The number of hydrogen-bond acceptors (Lipinski definition) is 1. The summed E-state index contributed by atoms with van der Waals surface area (Å²) in [6.45, 7) is 4.71. The maximum atomic E-state index is 4.71. The molecule has 1 heteroatoms. The molecule has 51 heavy (non-hydrogen) atoms. The van der Waals surface area contributed by atoms with Crippen molar-refractivity contribution in [3.8, 4) is 66.8 Å². The summed E-state index contributed by atoms with van der Waals surface area (Å²) in [6, 6.07) is 70.2. The Morgan fingerprint density at radius 2 is 0.529 bits per heavy atom. The van der Waals surface area contributed by atoms with Crippen LogP contribution in [0.2, 0.25) is 0 Å². The molecule has 9 rings (SSSR count). The van der Waals surface area contributed by atoms with Crippen molar-refractivity contribution in [1.29, 1.82) is 0 Å². The van der Waals surface area contributed by atoms with Gasteiger partial charge in [0.05, 0.1) is 0 Å². The number of fused-ring (bicyclic) bond motifs is 2. The summed E-state index contributed by atoms with van der Waals surface area (Å²) in [5, 5.41) is 0. The molecule has 0 radical (unpaired) electrons. The van der Waals surface area contributed by atoms with E-state index in [9.17, 15) is 0 Å². The van der Waals surface area contributed by atoms with E-state index in [1.165, 1.54) is 87.7 Å². The fourth-order valence-electron chi connectivity index (χ4n) is 7.11. The Hall–Kier alpha value is -6.15. The third-order valence-electron chi connectivity index (χ3n) is 9.79. The minimum absolute atomic E-state index is 1.06. The van der Waals surface area contributed by atoms with E-state index in [2.05, 4.69) is 194 Å². The second kappa shape index (κ2) is 13.3. The molecule has 0 unspecified atom stereocenters. The highest BCUT2D eigenvalue weighted by Gasteiger charge is 2.22. The molecule has 1 heterocycles. The van der Waals surface area contributed by atoms with Gasteiger partial charge in [0.2, 0.25) is 0 Å². The third kappa shape index (κ3) is 6.14. The summed E-state index contributed by atoms with van der Waals surface area (Å²) >= 11 is 1.83. The molecule has 8 aromatic carbocycles. The van der Waals surface area contributed by atoms with Gasteiger partial charge < -0.3 is 0 Å². The van der Waals surface area contributed by atoms with Crippen LogP contribution in [0.1, 0.15) is 11.1 Å². The second-order valence-electron chi connectivity index (χ2n) is 13.1. The maximum Gasteiger partial charge on any atom is 0.0201 e. The fourth-order valence-corrected chi connectivity index (χ4v) is 8.20. The highest BCUT2D eigenvalue weighted by atomic mass is 32.2. The van der Waals surface area contributed by atoms with Crippen molar-refractivity contribution >= 4 is 17.3 Å². The molecule has 0 amide bonds. The average molecular weight is 667 g/mol. The zero-order valence-electron chi connectivity index (χ0n) is 28.1. The Bertz CT molecular complexity index is 2240. The van der Waals surface area contributed by atoms with Crippen LogP contribution in [0.15, 0.2) is 210 Å². The standard InChI is InChI=1S/C50H34S/c1-34-47-32-39(45-28-41(35-14-6-2-7-15-35)26-42(29-45)36-16-8-3-9-17-36)22-24-49(47)51-50-25-23-40(33-48(34)50)46-30-43(37-18-10-4-11-19-37)27-44(31-46)38-20-12-5-13-21-38/h2-33H,1H2. The molecule has 8 aromatic rings. The van der Waals surface area contributed by atoms with E-state index in [0.29, 0.717) is 0 Å². The topological polar surface area (TPSA) is 0 Å². The van der Waals surface area contributed by atoms with Gasteiger partial charge in [0, 0.05) is 9.79 Å². The predicted molar refractivity (Wildman–Crippen MR) is 218 cm³/mol. The van der Waals surface area contributed by atoms with Crippen LogP contribution in [0.4, 0.5) is 0 Å². The molecule has 1 aliphatic rings. The van der Waals surface area contributed by atoms with Crippen molar-refractivity contribution in [2.24, 2.45) is 0 Å². The molecule has 0 aromatic heterocycles. The lowest BCUT2D eigenvalue weighted by atomic mass is 9.89. The average Bonchev–Trinajstić information content (AvgIpc) is 3.22. The van der Waals surface area contributed by atoms with Crippen LogP contribution in [0.25, 0.3) is 72.3 Å². The van der Waals surface area contributed by atoms with E-state index in [1.807, 2.05) is 11.8 Å². The number of benzene rings is 8. The van der Waals surface area contributed by atoms with E-state index < -0.39 is 0 Å². The van der Waals surface area contributed by atoms with Gasteiger partial charge in [0.15, 0.2) is 0 Å². The molecule has 0 fully saturated rings. The van der Waals surface area contributed by atoms with Gasteiger partial charge in [-0.05, 0) is 144 Å². The van der Waals surface area contributed by atoms with Gasteiger partial charge >= 0.3 is 0 Å². The lowest BCUT2D eigenvalue weighted by molar-refractivity contribution is 1.29. The highest BCUT2D eigenvalue weighted by Crippen LogP contribution is 2.48. The smallest absolute Gasteiger partial charge is 0.0201 e. The van der Waals surface area contributed by atoms with Gasteiger partial charge in [-0.3, -0.25) is 0 Å². The molecule has 0 nitrogen and oxygen atoms in total. The summed E-state index contributed by atoms with van der Waals surface area (Å²) in [6.07, 6.45) is 0. The van der Waals surface area contributed by atoms with E-state index in [4.69, 9.17) is 6.58 Å². The van der Waals surface area contributed by atoms with Crippen molar-refractivity contribution < 1.29 is 0 Å². The Morgan fingerprint density at radius 3 is 0.824 bits per heavy atom. The zero-order valence-corrected chi connectivity index (χ0v) is 28.9. The van der Waals surface area contributed by atoms with Crippen LogP contribution >= 0.6 is 11.8 Å². The third-order valence-corrected chi connectivity index (χ3v) is 10.9. The molecule has 0 saturated carbocycles. The number of hydrogen-bond donors (Lipinski definition) is 0. The summed E-state index contributed by atoms with van der Waals surface area (Å²) in [5.41, 5.74) is 17.9. The Kier molecular flexibility index (Phi) is 8.04. The molecule has 0 aliphatic carbocycles. The van der Waals surface area contributed by atoms with Crippen LogP contribution in [-0.4, -0.2) is 0 Å². The summed E-state index contributed by atoms with van der Waals surface area (Å²) in [4.78, 5) is 2.48. The van der Waals surface area contributed by atoms with Gasteiger partial charge in [-0.2, -0.15) is 0 Å². The minimum atomic E-state index is 1.06. The first-order chi connectivity index (χ1) is 25.2. The van der Waals surface area contributed by atoms with Crippen LogP contribution in [-0.2, 0) is 0 Å². The van der Waals surface area contributed by atoms with Crippen molar-refractivity contribution in [3.05, 3.63) is 212 Å². The summed E-state index contributed by atoms with van der Waals surface area (Å²) in [5.74, 6) is 0. The minimum Gasteiger partial charge on any atom is -0.0905 e. The Morgan fingerprint density at radius 1 is 0.255 bits per heavy atom. The van der Waals surface area contributed by atoms with Crippen LogP contribution in [0.5, 0.6) is 0 Å². The largest absolute Gasteiger partial charge is 0.0905 e. The van der Waals surface area contributed by atoms with Crippen molar-refractivity contribution in [2.75, 3.05) is 0 Å². The lowest BCUT2D eigenvalue weighted by Crippen LogP contribution is -1.99. The normalized spacial score (nSPS) is 11.9. The molecular formula is C50H34S. The van der Waals surface area contributed by atoms with E-state index in [1.54, 1.807) is 0 Å². The Balaban J connectivity index is 1.12. The second-order valence-corrected chi connectivity index (χ2v) is 14.1. The van der Waals surface area contributed by atoms with E-state index in [-0.39, 0.29) is 0 Å². The molecule has 0 atom stereocenters. The molecular weight excluding hydrogens is 633 g/mol. The summed E-state index contributed by atoms with van der Waals surface area (Å²) < 4.78 is 0. The molecule has 0 bridgehead atoms. The van der Waals surface area contributed by atoms with Gasteiger partial charge in [0.25, 0.3) is 0 Å². The van der Waals surface area contributed by atoms with Crippen molar-refractivity contribution in [1.82, 2.24) is 0 Å². The van der Waals surface area contributed by atoms with E-state index in [0.717, 1.165) is 5.57 Å². The molecule has 1 aliphatic heterocycles.